The van der Waals surface area contributed by atoms with Crippen molar-refractivity contribution in [3.05, 3.63) is 33.4 Å². The minimum atomic E-state index is -0.573. The maximum Gasteiger partial charge on any atom is 0.360 e. The Morgan fingerprint density at radius 1 is 1.00 bits per heavy atom. The molecular weight excluding hydrogens is 366 g/mol. The fourth-order valence-electron chi connectivity index (χ4n) is 1.78. The Kier molecular flexibility index (Phi) is 6.31. The number of ether oxygens (including phenoxy) is 2. The normalized spacial score (nSPS) is 11.6. The average Bonchev–Trinajstić information content (AvgIpc) is 3.25. The van der Waals surface area contributed by atoms with E-state index in [4.69, 9.17) is 4.74 Å². The van der Waals surface area contributed by atoms with Gasteiger partial charge in [-0.25, -0.2) is 9.59 Å². The summed E-state index contributed by atoms with van der Waals surface area (Å²) in [6, 6.07) is 0. The topological polar surface area (TPSA) is 107 Å². The maximum absolute atomic E-state index is 11.8. The second-order valence-electron chi connectivity index (χ2n) is 4.80. The van der Waals surface area contributed by atoms with Crippen LogP contribution in [0.3, 0.4) is 0 Å². The lowest BCUT2D eigenvalue weighted by molar-refractivity contribution is 0.0585. The lowest BCUT2D eigenvalue weighted by atomic mass is 10.1. The van der Waals surface area contributed by atoms with Crippen molar-refractivity contribution in [1.29, 1.82) is 0 Å². The van der Waals surface area contributed by atoms with Crippen molar-refractivity contribution in [2.75, 3.05) is 28.3 Å². The summed E-state index contributed by atoms with van der Waals surface area (Å²) in [4.78, 5) is 26.4. The molecule has 2 aromatic heterocycles. The number of carbonyl (C=O) groups excluding carboxylic acids is 2. The number of hydrogen-bond donors (Lipinski definition) is 0. The fraction of sp³-hybridized carbons (Fsp3) is 0.286. The van der Waals surface area contributed by atoms with Crippen LogP contribution in [0.2, 0.25) is 0 Å². The number of allylic oxidation sites excluding steroid dienone is 2. The quantitative estimate of drug-likeness (QED) is 0.544. The molecule has 0 N–H and O–H groups in total. The summed E-state index contributed by atoms with van der Waals surface area (Å²) in [6.45, 7) is 0. The molecule has 0 aliphatic carbocycles. The molecule has 0 bridgehead atoms. The summed E-state index contributed by atoms with van der Waals surface area (Å²) in [5.74, 6) is -1.14. The van der Waals surface area contributed by atoms with Crippen LogP contribution in [0.15, 0.2) is 12.3 Å². The monoisotopic (exact) mass is 381 g/mol. The Hall–Kier alpha value is -2.66. The molecule has 0 aliphatic heterocycles. The number of esters is 2. The summed E-state index contributed by atoms with van der Waals surface area (Å²) in [6.07, 6.45) is 5.20. The van der Waals surface area contributed by atoms with E-state index in [1.54, 1.807) is 18.4 Å². The first-order valence-electron chi connectivity index (χ1n) is 6.86. The van der Waals surface area contributed by atoms with Crippen LogP contribution in [0.1, 0.15) is 30.7 Å². The largest absolute Gasteiger partial charge is 0.464 e. The van der Waals surface area contributed by atoms with Crippen LogP contribution in [0.5, 0.6) is 0 Å². The number of nitrogens with zero attached hydrogens (tertiary/aromatic N) is 5. The van der Waals surface area contributed by atoms with Gasteiger partial charge in [0.15, 0.2) is 11.4 Å². The highest BCUT2D eigenvalue weighted by Gasteiger charge is 2.20. The highest BCUT2D eigenvalue weighted by atomic mass is 32.1. The molecular formula is C14H15N5O4S2. The molecule has 2 heterocycles. The van der Waals surface area contributed by atoms with E-state index < -0.39 is 11.9 Å². The van der Waals surface area contributed by atoms with Crippen molar-refractivity contribution < 1.29 is 19.1 Å². The van der Waals surface area contributed by atoms with Gasteiger partial charge < -0.3 is 14.4 Å². The predicted molar refractivity (Wildman–Crippen MR) is 93.2 cm³/mol. The smallest absolute Gasteiger partial charge is 0.360 e. The van der Waals surface area contributed by atoms with Crippen LogP contribution in [0, 0.1) is 0 Å². The van der Waals surface area contributed by atoms with Crippen LogP contribution in [-0.4, -0.2) is 64.3 Å². The van der Waals surface area contributed by atoms with E-state index in [-0.39, 0.29) is 11.4 Å². The highest BCUT2D eigenvalue weighted by Crippen LogP contribution is 2.25. The zero-order chi connectivity index (χ0) is 18.4. The maximum atomic E-state index is 11.8. The van der Waals surface area contributed by atoms with E-state index >= 15 is 0 Å². The van der Waals surface area contributed by atoms with Crippen molar-refractivity contribution in [1.82, 2.24) is 24.1 Å². The molecule has 0 amide bonds. The fourth-order valence-corrected chi connectivity index (χ4v) is 2.97. The Morgan fingerprint density at radius 2 is 1.60 bits per heavy atom. The number of rotatable bonds is 6. The minimum absolute atomic E-state index is 0.126. The summed E-state index contributed by atoms with van der Waals surface area (Å²) in [7, 11) is 6.24. The summed E-state index contributed by atoms with van der Waals surface area (Å²) in [5, 5.41) is 7.59. The third-order valence-corrected chi connectivity index (χ3v) is 4.30. The van der Waals surface area contributed by atoms with Crippen molar-refractivity contribution in [3.8, 4) is 0 Å². The van der Waals surface area contributed by atoms with Crippen molar-refractivity contribution >= 4 is 46.7 Å². The molecule has 0 unspecified atom stereocenters. The van der Waals surface area contributed by atoms with E-state index in [0.29, 0.717) is 15.3 Å². The molecule has 0 aliphatic rings. The van der Waals surface area contributed by atoms with Gasteiger partial charge in [-0.2, -0.15) is 0 Å². The third-order valence-electron chi connectivity index (χ3n) is 2.83. The highest BCUT2D eigenvalue weighted by molar-refractivity contribution is 7.07. The molecule has 2 aromatic rings. The van der Waals surface area contributed by atoms with Crippen molar-refractivity contribution in [2.24, 2.45) is 0 Å². The molecule has 2 rings (SSSR count). The van der Waals surface area contributed by atoms with Gasteiger partial charge in [0.25, 0.3) is 0 Å². The van der Waals surface area contributed by atoms with Gasteiger partial charge >= 0.3 is 11.9 Å². The molecule has 132 valence electrons. The van der Waals surface area contributed by atoms with E-state index in [2.05, 4.69) is 23.9 Å². The second-order valence-corrected chi connectivity index (χ2v) is 6.34. The molecule has 0 atom stereocenters. The molecule has 25 heavy (non-hydrogen) atoms. The molecule has 0 radical (unpaired) electrons. The van der Waals surface area contributed by atoms with Crippen LogP contribution in [-0.2, 0) is 9.47 Å². The first-order valence-corrected chi connectivity index (χ1v) is 8.40. The summed E-state index contributed by atoms with van der Waals surface area (Å²) >= 11 is 2.13. The summed E-state index contributed by atoms with van der Waals surface area (Å²) < 4.78 is 17.0. The number of hydrogen-bond acceptors (Lipinski definition) is 11. The minimum Gasteiger partial charge on any atom is -0.464 e. The Morgan fingerprint density at radius 3 is 2.24 bits per heavy atom. The van der Waals surface area contributed by atoms with Gasteiger partial charge in [-0.1, -0.05) is 15.1 Å². The van der Waals surface area contributed by atoms with Gasteiger partial charge in [-0.15, -0.1) is 10.2 Å². The molecule has 11 heteroatoms. The summed E-state index contributed by atoms with van der Waals surface area (Å²) in [5.41, 5.74) is 0.925. The van der Waals surface area contributed by atoms with Gasteiger partial charge in [-0.05, 0) is 29.1 Å². The van der Waals surface area contributed by atoms with Crippen LogP contribution >= 0.6 is 23.1 Å². The predicted octanol–water partition coefficient (Wildman–Crippen LogP) is 1.58. The zero-order valence-electron chi connectivity index (χ0n) is 13.9. The first-order chi connectivity index (χ1) is 12.0. The van der Waals surface area contributed by atoms with Gasteiger partial charge in [0.2, 0.25) is 0 Å². The average molecular weight is 381 g/mol. The lowest BCUT2D eigenvalue weighted by Gasteiger charge is -2.08. The zero-order valence-corrected chi connectivity index (χ0v) is 15.6. The van der Waals surface area contributed by atoms with E-state index in [1.807, 2.05) is 19.0 Å². The van der Waals surface area contributed by atoms with E-state index in [9.17, 15) is 9.59 Å². The molecule has 0 saturated carbocycles. The van der Waals surface area contributed by atoms with Crippen LogP contribution in [0.4, 0.5) is 0 Å². The van der Waals surface area contributed by atoms with Crippen LogP contribution in [0.25, 0.3) is 11.6 Å². The van der Waals surface area contributed by atoms with Gasteiger partial charge in [-0.3, -0.25) is 0 Å². The Labute approximate surface area is 151 Å². The van der Waals surface area contributed by atoms with E-state index in [0.717, 1.165) is 23.1 Å². The lowest BCUT2D eigenvalue weighted by Crippen LogP contribution is -2.06. The van der Waals surface area contributed by atoms with E-state index in [1.165, 1.54) is 14.2 Å². The van der Waals surface area contributed by atoms with Gasteiger partial charge in [0.1, 0.15) is 0 Å². The number of carbonyl (C=O) groups is 2. The standard InChI is InChI=1S/C14H15N5O4S2/c1-19(2)7-8(12-11(14(21)23-4)16-18-25-12)5-6-9-10(13(20)22-3)15-17-24-9/h5-7H,1-4H3/b6-5+,8-7-. The molecule has 0 aromatic carbocycles. The second kappa shape index (κ2) is 8.44. The van der Waals surface area contributed by atoms with Gasteiger partial charge in [0.05, 0.1) is 24.0 Å². The molecule has 0 spiro atoms. The van der Waals surface area contributed by atoms with Crippen LogP contribution < -0.4 is 0 Å². The molecule has 0 saturated heterocycles. The molecule has 9 nitrogen and oxygen atoms in total. The van der Waals surface area contributed by atoms with Crippen molar-refractivity contribution in [3.63, 3.8) is 0 Å². The number of aromatic nitrogens is 4. The van der Waals surface area contributed by atoms with Crippen molar-refractivity contribution in [2.45, 2.75) is 0 Å². The van der Waals surface area contributed by atoms with Gasteiger partial charge in [0, 0.05) is 25.9 Å². The molecule has 0 fully saturated rings. The third kappa shape index (κ3) is 4.45. The SMILES string of the molecule is COC(=O)c1nnsc1/C=C/C(=C/N(C)C)c1snnc1C(=O)OC. The Bertz CT molecular complexity index is 825. The Balaban J connectivity index is 2.41. The number of methoxy groups -OCH3 is 2. The first kappa shape index (κ1) is 18.7.